The van der Waals surface area contributed by atoms with Crippen LogP contribution in [0, 0.1) is 11.6 Å². The Hall–Kier alpha value is -2.57. The predicted octanol–water partition coefficient (Wildman–Crippen LogP) is 2.37. The summed E-state index contributed by atoms with van der Waals surface area (Å²) in [5.74, 6) is -1.37. The molecule has 3 rings (SSSR count). The molecule has 0 bridgehead atoms. The average Bonchev–Trinajstić information content (AvgIpc) is 2.83. The van der Waals surface area contributed by atoms with Gasteiger partial charge in [-0.3, -0.25) is 0 Å². The van der Waals surface area contributed by atoms with Gasteiger partial charge < -0.3 is 10.3 Å². The summed E-state index contributed by atoms with van der Waals surface area (Å²) >= 11 is 0. The molecule has 5 nitrogen and oxygen atoms in total. The standard InChI is InChI=1S/C11H7F2N5/c12-7-2-1-6(3-8(7)13)18-11-9-10(15-4-14-9)16-5-17-11/h1-5H,(H2,14,15,16,17,18). The fraction of sp³-hybridized carbons (Fsp3) is 0. The number of nitrogens with zero attached hydrogens (tertiary/aromatic N) is 3. The first kappa shape index (κ1) is 10.6. The number of fused-ring (bicyclic) bond motifs is 1. The molecule has 2 N–H and O–H groups in total. The van der Waals surface area contributed by atoms with E-state index in [-0.39, 0.29) is 0 Å². The van der Waals surface area contributed by atoms with E-state index in [1.165, 1.54) is 18.7 Å². The minimum absolute atomic E-state index is 0.392. The maximum atomic E-state index is 13.1. The summed E-state index contributed by atoms with van der Waals surface area (Å²) in [5.41, 5.74) is 1.49. The molecule has 90 valence electrons. The number of halogens is 2. The summed E-state index contributed by atoms with van der Waals surface area (Å²) in [6, 6.07) is 3.52. The van der Waals surface area contributed by atoms with Crippen LogP contribution in [-0.2, 0) is 0 Å². The number of benzene rings is 1. The molecule has 0 atom stereocenters. The summed E-state index contributed by atoms with van der Waals surface area (Å²) in [7, 11) is 0. The van der Waals surface area contributed by atoms with Crippen LogP contribution < -0.4 is 5.32 Å². The van der Waals surface area contributed by atoms with E-state index >= 15 is 0 Å². The maximum Gasteiger partial charge on any atom is 0.182 e. The van der Waals surface area contributed by atoms with E-state index in [2.05, 4.69) is 25.3 Å². The highest BCUT2D eigenvalue weighted by Crippen LogP contribution is 2.21. The van der Waals surface area contributed by atoms with Crippen molar-refractivity contribution in [2.75, 3.05) is 5.32 Å². The third-order valence-electron chi connectivity index (χ3n) is 2.41. The van der Waals surface area contributed by atoms with Crippen molar-refractivity contribution in [1.82, 2.24) is 19.9 Å². The van der Waals surface area contributed by atoms with Gasteiger partial charge in [-0.05, 0) is 12.1 Å². The van der Waals surface area contributed by atoms with Crippen molar-refractivity contribution in [3.8, 4) is 0 Å². The molecule has 7 heteroatoms. The molecular formula is C11H7F2N5. The van der Waals surface area contributed by atoms with Gasteiger partial charge in [0.1, 0.15) is 11.8 Å². The zero-order chi connectivity index (χ0) is 12.5. The first-order valence-electron chi connectivity index (χ1n) is 5.10. The molecule has 0 amide bonds. The van der Waals surface area contributed by atoms with Crippen LogP contribution in [-0.4, -0.2) is 19.9 Å². The number of hydrogen-bond donors (Lipinski definition) is 2. The van der Waals surface area contributed by atoms with Gasteiger partial charge in [-0.2, -0.15) is 0 Å². The summed E-state index contributed by atoms with van der Waals surface area (Å²) < 4.78 is 25.9. The Morgan fingerprint density at radius 3 is 2.78 bits per heavy atom. The molecular weight excluding hydrogens is 240 g/mol. The second kappa shape index (κ2) is 4.02. The number of hydrogen-bond acceptors (Lipinski definition) is 4. The Morgan fingerprint density at radius 1 is 1.06 bits per heavy atom. The van der Waals surface area contributed by atoms with Crippen molar-refractivity contribution in [3.63, 3.8) is 0 Å². The fourth-order valence-corrected chi connectivity index (χ4v) is 1.57. The van der Waals surface area contributed by atoms with Crippen LogP contribution in [0.25, 0.3) is 11.2 Å². The lowest BCUT2D eigenvalue weighted by Crippen LogP contribution is -1.97. The second-order valence-electron chi connectivity index (χ2n) is 3.58. The molecule has 0 aliphatic heterocycles. The first-order chi connectivity index (χ1) is 8.74. The van der Waals surface area contributed by atoms with Crippen molar-refractivity contribution < 1.29 is 8.78 Å². The molecule has 0 fully saturated rings. The number of aromatic amines is 1. The van der Waals surface area contributed by atoms with E-state index in [9.17, 15) is 8.78 Å². The minimum Gasteiger partial charge on any atom is -0.340 e. The number of imidazole rings is 1. The summed E-state index contributed by atoms with van der Waals surface area (Å²) in [6.07, 6.45) is 2.82. The van der Waals surface area contributed by atoms with Crippen LogP contribution in [0.2, 0.25) is 0 Å². The molecule has 2 aromatic heterocycles. The molecule has 0 saturated heterocycles. The predicted molar refractivity (Wildman–Crippen MR) is 61.3 cm³/mol. The zero-order valence-corrected chi connectivity index (χ0v) is 8.98. The highest BCUT2D eigenvalue weighted by molar-refractivity contribution is 5.84. The van der Waals surface area contributed by atoms with E-state index in [1.807, 2.05) is 0 Å². The monoisotopic (exact) mass is 247 g/mol. The molecule has 0 radical (unpaired) electrons. The molecule has 3 aromatic rings. The summed E-state index contributed by atoms with van der Waals surface area (Å²) in [4.78, 5) is 14.8. The quantitative estimate of drug-likeness (QED) is 0.729. The third-order valence-corrected chi connectivity index (χ3v) is 2.41. The lowest BCUT2D eigenvalue weighted by atomic mass is 10.3. The van der Waals surface area contributed by atoms with E-state index in [0.717, 1.165) is 12.1 Å². The second-order valence-corrected chi connectivity index (χ2v) is 3.58. The van der Waals surface area contributed by atoms with Gasteiger partial charge >= 0.3 is 0 Å². The number of H-pyrrole nitrogens is 1. The van der Waals surface area contributed by atoms with Crippen LogP contribution in [0.4, 0.5) is 20.3 Å². The highest BCUT2D eigenvalue weighted by atomic mass is 19.2. The summed E-state index contributed by atoms with van der Waals surface area (Å²) in [6.45, 7) is 0. The van der Waals surface area contributed by atoms with Crippen molar-refractivity contribution in [3.05, 3.63) is 42.5 Å². The van der Waals surface area contributed by atoms with Gasteiger partial charge in [-0.25, -0.2) is 23.7 Å². The highest BCUT2D eigenvalue weighted by Gasteiger charge is 2.07. The lowest BCUT2D eigenvalue weighted by molar-refractivity contribution is 0.509. The first-order valence-corrected chi connectivity index (χ1v) is 5.10. The van der Waals surface area contributed by atoms with Crippen molar-refractivity contribution >= 4 is 22.7 Å². The van der Waals surface area contributed by atoms with Crippen molar-refractivity contribution in [2.24, 2.45) is 0 Å². The maximum absolute atomic E-state index is 13.1. The van der Waals surface area contributed by atoms with Crippen LogP contribution in [0.5, 0.6) is 0 Å². The molecule has 0 saturated carbocycles. The molecule has 18 heavy (non-hydrogen) atoms. The van der Waals surface area contributed by atoms with E-state index in [1.54, 1.807) is 0 Å². The van der Waals surface area contributed by atoms with Crippen LogP contribution >= 0.6 is 0 Å². The molecule has 1 aromatic carbocycles. The van der Waals surface area contributed by atoms with E-state index in [0.29, 0.717) is 22.7 Å². The van der Waals surface area contributed by atoms with Gasteiger partial charge in [0.25, 0.3) is 0 Å². The Bertz CT molecular complexity index is 709. The van der Waals surface area contributed by atoms with Gasteiger partial charge in [0.05, 0.1) is 6.33 Å². The Balaban J connectivity index is 2.01. The summed E-state index contributed by atoms with van der Waals surface area (Å²) in [5, 5.41) is 2.87. The number of aromatic nitrogens is 4. The van der Waals surface area contributed by atoms with Gasteiger partial charge in [0.2, 0.25) is 0 Å². The van der Waals surface area contributed by atoms with Crippen molar-refractivity contribution in [1.29, 1.82) is 0 Å². The topological polar surface area (TPSA) is 66.5 Å². The van der Waals surface area contributed by atoms with Crippen molar-refractivity contribution in [2.45, 2.75) is 0 Å². The molecule has 0 aliphatic rings. The third kappa shape index (κ3) is 1.75. The lowest BCUT2D eigenvalue weighted by Gasteiger charge is -2.06. The fourth-order valence-electron chi connectivity index (χ4n) is 1.57. The van der Waals surface area contributed by atoms with Gasteiger partial charge in [0.15, 0.2) is 23.1 Å². The smallest absolute Gasteiger partial charge is 0.182 e. The number of rotatable bonds is 2. The zero-order valence-electron chi connectivity index (χ0n) is 8.98. The molecule has 0 aliphatic carbocycles. The number of nitrogens with one attached hydrogen (secondary N) is 2. The van der Waals surface area contributed by atoms with Gasteiger partial charge in [0, 0.05) is 11.8 Å². The molecule has 0 spiro atoms. The normalized spacial score (nSPS) is 10.8. The Kier molecular flexibility index (Phi) is 2.36. The SMILES string of the molecule is Fc1ccc(Nc2ncnc3nc[nH]c23)cc1F. The van der Waals surface area contributed by atoms with E-state index in [4.69, 9.17) is 0 Å². The molecule has 2 heterocycles. The van der Waals surface area contributed by atoms with E-state index < -0.39 is 11.6 Å². The number of anilines is 2. The van der Waals surface area contributed by atoms with Crippen LogP contribution in [0.3, 0.4) is 0 Å². The minimum atomic E-state index is -0.921. The van der Waals surface area contributed by atoms with Crippen LogP contribution in [0.15, 0.2) is 30.9 Å². The van der Waals surface area contributed by atoms with Crippen LogP contribution in [0.1, 0.15) is 0 Å². The Morgan fingerprint density at radius 2 is 1.94 bits per heavy atom. The molecule has 0 unspecified atom stereocenters. The Labute approximate surface area is 99.9 Å². The van der Waals surface area contributed by atoms with Gasteiger partial charge in [-0.1, -0.05) is 0 Å². The van der Waals surface area contributed by atoms with Gasteiger partial charge in [-0.15, -0.1) is 0 Å². The largest absolute Gasteiger partial charge is 0.340 e. The average molecular weight is 247 g/mol.